The number of hydrogen-bond acceptors (Lipinski definition) is 2. The summed E-state index contributed by atoms with van der Waals surface area (Å²) in [5, 5.41) is 0. The number of aryl methyl sites for hydroxylation is 1. The van der Waals surface area contributed by atoms with Crippen LogP contribution in [0, 0.1) is 6.92 Å². The summed E-state index contributed by atoms with van der Waals surface area (Å²) in [4.78, 5) is 10.6. The third kappa shape index (κ3) is 2.87. The van der Waals surface area contributed by atoms with Crippen molar-refractivity contribution in [3.05, 3.63) is 29.3 Å². The Bertz CT molecular complexity index is 394. The Labute approximate surface area is 103 Å². The van der Waals surface area contributed by atoms with Crippen LogP contribution in [0.25, 0.3) is 0 Å². The molecule has 1 aliphatic carbocycles. The van der Waals surface area contributed by atoms with E-state index in [-0.39, 0.29) is 5.92 Å². The molecule has 2 rings (SSSR count). The van der Waals surface area contributed by atoms with E-state index in [0.29, 0.717) is 12.5 Å². The molecule has 0 heterocycles. The van der Waals surface area contributed by atoms with Crippen LogP contribution in [0.5, 0.6) is 5.75 Å². The maximum atomic E-state index is 10.6. The Morgan fingerprint density at radius 2 is 2.24 bits per heavy atom. The molecule has 2 heteroatoms. The molecule has 92 valence electrons. The lowest BCUT2D eigenvalue weighted by Crippen LogP contribution is -2.25. The quantitative estimate of drug-likeness (QED) is 0.725. The zero-order valence-electron chi connectivity index (χ0n) is 10.6. The van der Waals surface area contributed by atoms with Gasteiger partial charge in [0.2, 0.25) is 0 Å². The molecule has 17 heavy (non-hydrogen) atoms. The van der Waals surface area contributed by atoms with Gasteiger partial charge in [-0.1, -0.05) is 24.6 Å². The van der Waals surface area contributed by atoms with Crippen molar-refractivity contribution in [3.63, 3.8) is 0 Å². The Morgan fingerprint density at radius 1 is 1.47 bits per heavy atom. The molecule has 1 atom stereocenters. The first-order valence-corrected chi connectivity index (χ1v) is 6.41. The molecule has 0 bridgehead atoms. The maximum Gasteiger partial charge on any atom is 0.123 e. The topological polar surface area (TPSA) is 26.3 Å². The van der Waals surface area contributed by atoms with Crippen molar-refractivity contribution in [1.82, 2.24) is 0 Å². The number of ether oxygens (including phenoxy) is 1. The van der Waals surface area contributed by atoms with Crippen molar-refractivity contribution in [2.75, 3.05) is 0 Å². The van der Waals surface area contributed by atoms with Gasteiger partial charge in [0.15, 0.2) is 0 Å². The molecular weight excluding hydrogens is 212 g/mol. The van der Waals surface area contributed by atoms with Crippen LogP contribution in [-0.2, 0) is 4.79 Å². The zero-order chi connectivity index (χ0) is 12.3. The van der Waals surface area contributed by atoms with E-state index < -0.39 is 0 Å². The van der Waals surface area contributed by atoms with Gasteiger partial charge >= 0.3 is 0 Å². The molecule has 1 unspecified atom stereocenters. The molecule has 0 saturated heterocycles. The predicted molar refractivity (Wildman–Crippen MR) is 68.5 cm³/mol. The van der Waals surface area contributed by atoms with E-state index in [2.05, 4.69) is 26.0 Å². The second-order valence-corrected chi connectivity index (χ2v) is 5.02. The lowest BCUT2D eigenvalue weighted by molar-refractivity contribution is -0.108. The van der Waals surface area contributed by atoms with Gasteiger partial charge in [0.05, 0.1) is 6.10 Å². The molecule has 1 aromatic rings. The second kappa shape index (κ2) is 5.35. The normalized spacial score (nSPS) is 17.3. The second-order valence-electron chi connectivity index (χ2n) is 5.02. The van der Waals surface area contributed by atoms with Gasteiger partial charge in [-0.05, 0) is 43.7 Å². The van der Waals surface area contributed by atoms with E-state index >= 15 is 0 Å². The van der Waals surface area contributed by atoms with Crippen molar-refractivity contribution in [1.29, 1.82) is 0 Å². The first-order chi connectivity index (χ1) is 8.20. The molecule has 0 amide bonds. The van der Waals surface area contributed by atoms with Gasteiger partial charge < -0.3 is 9.53 Å². The van der Waals surface area contributed by atoms with Crippen LogP contribution < -0.4 is 4.74 Å². The van der Waals surface area contributed by atoms with Crippen molar-refractivity contribution in [2.24, 2.45) is 0 Å². The van der Waals surface area contributed by atoms with E-state index in [9.17, 15) is 4.79 Å². The Hall–Kier alpha value is -1.31. The first-order valence-electron chi connectivity index (χ1n) is 6.41. The number of carbonyl (C=O) groups excluding carboxylic acids is 1. The minimum atomic E-state index is 0.238. The lowest BCUT2D eigenvalue weighted by Gasteiger charge is -2.28. The average Bonchev–Trinajstić information content (AvgIpc) is 2.25. The largest absolute Gasteiger partial charge is 0.490 e. The monoisotopic (exact) mass is 232 g/mol. The number of carbonyl (C=O) groups is 1. The summed E-state index contributed by atoms with van der Waals surface area (Å²) in [7, 11) is 0. The van der Waals surface area contributed by atoms with Gasteiger partial charge in [0, 0.05) is 6.42 Å². The average molecular weight is 232 g/mol. The van der Waals surface area contributed by atoms with Crippen LogP contribution in [0.15, 0.2) is 18.2 Å². The van der Waals surface area contributed by atoms with Crippen LogP contribution in [0.3, 0.4) is 0 Å². The molecule has 1 fully saturated rings. The molecule has 1 saturated carbocycles. The summed E-state index contributed by atoms with van der Waals surface area (Å²) in [6, 6.07) is 6.26. The number of hydrogen-bond donors (Lipinski definition) is 0. The molecule has 0 N–H and O–H groups in total. The molecule has 0 aromatic heterocycles. The smallest absolute Gasteiger partial charge is 0.123 e. The van der Waals surface area contributed by atoms with E-state index in [4.69, 9.17) is 4.74 Å². The fourth-order valence-corrected chi connectivity index (χ4v) is 2.10. The third-order valence-electron chi connectivity index (χ3n) is 3.49. The van der Waals surface area contributed by atoms with E-state index in [0.717, 1.165) is 24.9 Å². The molecular formula is C15H20O2. The Kier molecular flexibility index (Phi) is 3.82. The molecule has 1 aromatic carbocycles. The van der Waals surface area contributed by atoms with Gasteiger partial charge in [0.1, 0.15) is 12.0 Å². The van der Waals surface area contributed by atoms with Crippen LogP contribution in [0.2, 0.25) is 0 Å². The van der Waals surface area contributed by atoms with Crippen LogP contribution >= 0.6 is 0 Å². The molecule has 1 aliphatic rings. The Balaban J connectivity index is 2.19. The minimum Gasteiger partial charge on any atom is -0.490 e. The summed E-state index contributed by atoms with van der Waals surface area (Å²) < 4.78 is 5.99. The Morgan fingerprint density at radius 3 is 2.82 bits per heavy atom. The third-order valence-corrected chi connectivity index (χ3v) is 3.49. The highest BCUT2D eigenvalue weighted by Gasteiger charge is 2.21. The number of aldehydes is 1. The molecule has 0 spiro atoms. The van der Waals surface area contributed by atoms with Crippen LogP contribution in [0.4, 0.5) is 0 Å². The molecule has 0 radical (unpaired) electrons. The van der Waals surface area contributed by atoms with Crippen molar-refractivity contribution >= 4 is 6.29 Å². The van der Waals surface area contributed by atoms with E-state index in [1.807, 2.05) is 6.07 Å². The zero-order valence-corrected chi connectivity index (χ0v) is 10.6. The van der Waals surface area contributed by atoms with Gasteiger partial charge in [-0.15, -0.1) is 0 Å². The highest BCUT2D eigenvalue weighted by Crippen LogP contribution is 2.33. The van der Waals surface area contributed by atoms with Crippen LogP contribution in [0.1, 0.15) is 49.7 Å². The summed E-state index contributed by atoms with van der Waals surface area (Å²) in [5.74, 6) is 1.21. The summed E-state index contributed by atoms with van der Waals surface area (Å²) in [6.45, 7) is 4.15. The minimum absolute atomic E-state index is 0.238. The van der Waals surface area contributed by atoms with Crippen LogP contribution in [-0.4, -0.2) is 12.4 Å². The standard InChI is InChI=1S/C15H20O2/c1-11-6-7-15(17-13-4-3-5-13)14(10-11)12(2)8-9-16/h6-7,9-10,12-13H,3-5,8H2,1-2H3. The first kappa shape index (κ1) is 12.2. The summed E-state index contributed by atoms with van der Waals surface area (Å²) >= 11 is 0. The predicted octanol–water partition coefficient (Wildman–Crippen LogP) is 3.62. The van der Waals surface area contributed by atoms with Crippen molar-refractivity contribution in [3.8, 4) is 5.75 Å². The molecule has 0 aliphatic heterocycles. The van der Waals surface area contributed by atoms with Gasteiger partial charge in [-0.2, -0.15) is 0 Å². The summed E-state index contributed by atoms with van der Waals surface area (Å²) in [5.41, 5.74) is 2.39. The highest BCUT2D eigenvalue weighted by molar-refractivity contribution is 5.53. The van der Waals surface area contributed by atoms with Crippen molar-refractivity contribution in [2.45, 2.75) is 51.6 Å². The van der Waals surface area contributed by atoms with Gasteiger partial charge in [-0.3, -0.25) is 0 Å². The fourth-order valence-electron chi connectivity index (χ4n) is 2.10. The van der Waals surface area contributed by atoms with Crippen molar-refractivity contribution < 1.29 is 9.53 Å². The van der Waals surface area contributed by atoms with Gasteiger partial charge in [0.25, 0.3) is 0 Å². The molecule has 2 nitrogen and oxygen atoms in total. The maximum absolute atomic E-state index is 10.6. The number of benzene rings is 1. The van der Waals surface area contributed by atoms with Gasteiger partial charge in [-0.25, -0.2) is 0 Å². The fraction of sp³-hybridized carbons (Fsp3) is 0.533. The highest BCUT2D eigenvalue weighted by atomic mass is 16.5. The summed E-state index contributed by atoms with van der Waals surface area (Å²) in [6.07, 6.45) is 5.53. The van der Waals surface area contributed by atoms with E-state index in [1.165, 1.54) is 17.5 Å². The lowest BCUT2D eigenvalue weighted by atomic mass is 9.94. The SMILES string of the molecule is Cc1ccc(OC2CCC2)c(C(C)CC=O)c1. The van der Waals surface area contributed by atoms with E-state index in [1.54, 1.807) is 0 Å². The number of rotatable bonds is 5.